The fraction of sp³-hybridized carbons (Fsp3) is 0.364. The Balaban J connectivity index is 1.54. The van der Waals surface area contributed by atoms with E-state index in [0.717, 1.165) is 25.3 Å². The van der Waals surface area contributed by atoms with Crippen molar-refractivity contribution in [2.75, 3.05) is 5.32 Å². The second-order valence-corrected chi connectivity index (χ2v) is 8.28. The average molecular weight is 452 g/mol. The van der Waals surface area contributed by atoms with Crippen LogP contribution in [0.15, 0.2) is 41.0 Å². The number of halogens is 4. The number of anilines is 1. The van der Waals surface area contributed by atoms with E-state index in [-0.39, 0.29) is 23.5 Å². The highest BCUT2D eigenvalue weighted by molar-refractivity contribution is 6.31. The maximum absolute atomic E-state index is 13.4. The lowest BCUT2D eigenvalue weighted by Gasteiger charge is -2.31. The molecule has 164 valence electrons. The molecule has 1 amide bonds. The predicted octanol–water partition coefficient (Wildman–Crippen LogP) is 5.96. The van der Waals surface area contributed by atoms with Crippen molar-refractivity contribution in [2.24, 2.45) is 0 Å². The summed E-state index contributed by atoms with van der Waals surface area (Å²) in [6, 6.07) is 7.10. The molecule has 1 saturated carbocycles. The topological polar surface area (TPSA) is 67.2 Å². The van der Waals surface area contributed by atoms with Crippen molar-refractivity contribution >= 4 is 34.1 Å². The number of carbonyl (C=O) groups is 1. The van der Waals surface area contributed by atoms with Crippen molar-refractivity contribution in [2.45, 2.75) is 50.9 Å². The van der Waals surface area contributed by atoms with Gasteiger partial charge >= 0.3 is 6.18 Å². The monoisotopic (exact) mass is 451 g/mol. The molecule has 0 bridgehead atoms. The van der Waals surface area contributed by atoms with Crippen LogP contribution < -0.4 is 10.6 Å². The van der Waals surface area contributed by atoms with Crippen molar-refractivity contribution in [3.8, 4) is 0 Å². The largest absolute Gasteiger partial charge is 0.469 e. The maximum atomic E-state index is 13.4. The molecule has 2 atom stereocenters. The van der Waals surface area contributed by atoms with E-state index in [1.807, 2.05) is 0 Å². The summed E-state index contributed by atoms with van der Waals surface area (Å²) in [6.45, 7) is 1.76. The van der Waals surface area contributed by atoms with E-state index in [9.17, 15) is 18.0 Å². The van der Waals surface area contributed by atoms with Crippen LogP contribution in [0.3, 0.4) is 0 Å². The minimum Gasteiger partial charge on any atom is -0.469 e. The number of hydrogen-bond acceptors (Lipinski definition) is 4. The molecule has 2 heterocycles. The number of alkyl halides is 3. The number of nitrogens with one attached hydrogen (secondary N) is 2. The fourth-order valence-electron chi connectivity index (χ4n) is 3.97. The predicted molar refractivity (Wildman–Crippen MR) is 112 cm³/mol. The summed E-state index contributed by atoms with van der Waals surface area (Å²) in [6.07, 6.45) is -0.136. The van der Waals surface area contributed by atoms with Crippen LogP contribution in [-0.2, 0) is 6.18 Å². The third-order valence-corrected chi connectivity index (χ3v) is 5.66. The minimum atomic E-state index is -4.56. The van der Waals surface area contributed by atoms with E-state index in [4.69, 9.17) is 16.0 Å². The molecule has 1 aromatic carbocycles. The average Bonchev–Trinajstić information content (AvgIpc) is 3.14. The van der Waals surface area contributed by atoms with Crippen LogP contribution in [-0.4, -0.2) is 23.0 Å². The normalized spacial score (nSPS) is 19.4. The number of fused-ring (bicyclic) bond motifs is 1. The van der Waals surface area contributed by atoms with Crippen molar-refractivity contribution in [1.29, 1.82) is 0 Å². The first kappa shape index (κ1) is 21.5. The number of aromatic nitrogens is 1. The highest BCUT2D eigenvalue weighted by Crippen LogP contribution is 2.35. The number of carbonyl (C=O) groups excluding carboxylic acids is 1. The molecule has 4 rings (SSSR count). The van der Waals surface area contributed by atoms with E-state index < -0.39 is 11.9 Å². The van der Waals surface area contributed by atoms with Crippen LogP contribution in [0, 0.1) is 6.92 Å². The molecule has 0 unspecified atom stereocenters. The summed E-state index contributed by atoms with van der Waals surface area (Å²) in [5, 5.41) is 7.18. The zero-order valence-corrected chi connectivity index (χ0v) is 17.5. The van der Waals surface area contributed by atoms with Gasteiger partial charge in [0.2, 0.25) is 0 Å². The van der Waals surface area contributed by atoms with Gasteiger partial charge in [-0.3, -0.25) is 4.79 Å². The van der Waals surface area contributed by atoms with Crippen molar-refractivity contribution in [1.82, 2.24) is 10.3 Å². The SMILES string of the molecule is Cc1cc(C(=O)N[C@@H]2CCC[C@H](Nc3cc(C(F)(F)F)nc4ccc(Cl)cc34)C2)co1. The molecule has 31 heavy (non-hydrogen) atoms. The van der Waals surface area contributed by atoms with Gasteiger partial charge < -0.3 is 15.1 Å². The van der Waals surface area contributed by atoms with E-state index in [1.54, 1.807) is 19.1 Å². The number of hydrogen-bond donors (Lipinski definition) is 2. The number of pyridine rings is 1. The molecule has 5 nitrogen and oxygen atoms in total. The maximum Gasteiger partial charge on any atom is 0.433 e. The Morgan fingerprint density at radius 1 is 1.19 bits per heavy atom. The molecule has 3 aromatic rings. The molecule has 0 radical (unpaired) electrons. The molecule has 2 aromatic heterocycles. The molecule has 1 aliphatic rings. The van der Waals surface area contributed by atoms with Gasteiger partial charge in [-0.05, 0) is 62.9 Å². The molecule has 0 aliphatic heterocycles. The lowest BCUT2D eigenvalue weighted by Crippen LogP contribution is -2.41. The lowest BCUT2D eigenvalue weighted by atomic mass is 9.90. The van der Waals surface area contributed by atoms with Gasteiger partial charge in [0.05, 0.1) is 11.1 Å². The third kappa shape index (κ3) is 4.95. The summed E-state index contributed by atoms with van der Waals surface area (Å²) in [5.41, 5.74) is 0.0537. The molecule has 9 heteroatoms. The first-order valence-corrected chi connectivity index (χ1v) is 10.4. The molecule has 0 saturated heterocycles. The van der Waals surface area contributed by atoms with Gasteiger partial charge in [-0.1, -0.05) is 11.6 Å². The number of aryl methyl sites for hydroxylation is 1. The third-order valence-electron chi connectivity index (χ3n) is 5.42. The summed E-state index contributed by atoms with van der Waals surface area (Å²) < 4.78 is 45.2. The molecule has 1 fully saturated rings. The number of furan rings is 1. The van der Waals surface area contributed by atoms with E-state index in [0.29, 0.717) is 33.8 Å². The van der Waals surface area contributed by atoms with Crippen LogP contribution in [0.4, 0.5) is 18.9 Å². The molecule has 0 spiro atoms. The van der Waals surface area contributed by atoms with E-state index in [2.05, 4.69) is 15.6 Å². The Hall–Kier alpha value is -2.74. The number of rotatable bonds is 4. The van der Waals surface area contributed by atoms with Gasteiger partial charge in [-0.15, -0.1) is 0 Å². The number of amides is 1. The van der Waals surface area contributed by atoms with Gasteiger partial charge in [0, 0.05) is 28.2 Å². The summed E-state index contributed by atoms with van der Waals surface area (Å²) in [5.74, 6) is 0.431. The summed E-state index contributed by atoms with van der Waals surface area (Å²) in [4.78, 5) is 16.2. The van der Waals surface area contributed by atoms with Gasteiger partial charge in [-0.25, -0.2) is 4.98 Å². The first-order chi connectivity index (χ1) is 14.7. The van der Waals surface area contributed by atoms with Crippen molar-refractivity contribution in [3.05, 3.63) is 58.6 Å². The molecular weight excluding hydrogens is 431 g/mol. The molecular formula is C22H21ClF3N3O2. The minimum absolute atomic E-state index is 0.0901. The number of benzene rings is 1. The molecule has 2 N–H and O–H groups in total. The van der Waals surface area contributed by atoms with Crippen LogP contribution in [0.5, 0.6) is 0 Å². The Labute approximate surface area is 182 Å². The van der Waals surface area contributed by atoms with Gasteiger partial charge in [-0.2, -0.15) is 13.2 Å². The second-order valence-electron chi connectivity index (χ2n) is 7.84. The summed E-state index contributed by atoms with van der Waals surface area (Å²) >= 11 is 6.07. The standard InChI is InChI=1S/C22H21ClF3N3O2/c1-12-7-13(11-31-12)21(30)28-16-4-2-3-15(9-16)27-19-10-20(22(24,25)26)29-18-6-5-14(23)8-17(18)19/h5-8,10-11,15-16H,2-4,9H2,1H3,(H,27,29)(H,28,30)/t15-,16+/m0/s1. The van der Waals surface area contributed by atoms with Gasteiger partial charge in [0.15, 0.2) is 0 Å². The van der Waals surface area contributed by atoms with E-state index >= 15 is 0 Å². The molecule has 1 aliphatic carbocycles. The van der Waals surface area contributed by atoms with Crippen LogP contribution in [0.25, 0.3) is 10.9 Å². The highest BCUT2D eigenvalue weighted by Gasteiger charge is 2.34. The second kappa shape index (κ2) is 8.42. The quantitative estimate of drug-likeness (QED) is 0.513. The van der Waals surface area contributed by atoms with Crippen molar-refractivity contribution < 1.29 is 22.4 Å². The zero-order valence-electron chi connectivity index (χ0n) is 16.7. The smallest absolute Gasteiger partial charge is 0.433 e. The van der Waals surface area contributed by atoms with Crippen molar-refractivity contribution in [3.63, 3.8) is 0 Å². The highest BCUT2D eigenvalue weighted by atomic mass is 35.5. The van der Waals surface area contributed by atoms with Gasteiger partial charge in [0.25, 0.3) is 5.91 Å². The first-order valence-electron chi connectivity index (χ1n) is 9.99. The lowest BCUT2D eigenvalue weighted by molar-refractivity contribution is -0.140. The summed E-state index contributed by atoms with van der Waals surface area (Å²) in [7, 11) is 0. The van der Waals surface area contributed by atoms with Crippen LogP contribution in [0.2, 0.25) is 5.02 Å². The van der Waals surface area contributed by atoms with E-state index in [1.165, 1.54) is 18.4 Å². The fourth-order valence-corrected chi connectivity index (χ4v) is 4.14. The Kier molecular flexibility index (Phi) is 5.83. The Morgan fingerprint density at radius 3 is 2.68 bits per heavy atom. The Morgan fingerprint density at radius 2 is 1.97 bits per heavy atom. The van der Waals surface area contributed by atoms with Crippen LogP contribution in [0.1, 0.15) is 47.5 Å². The Bertz CT molecular complexity index is 1110. The van der Waals surface area contributed by atoms with Gasteiger partial charge in [0.1, 0.15) is 17.7 Å². The van der Waals surface area contributed by atoms with Crippen LogP contribution >= 0.6 is 11.6 Å². The zero-order chi connectivity index (χ0) is 22.2. The number of nitrogens with zero attached hydrogens (tertiary/aromatic N) is 1.